The summed E-state index contributed by atoms with van der Waals surface area (Å²) in [6, 6.07) is 10.0. The van der Waals surface area contributed by atoms with E-state index in [1.807, 2.05) is 60.0 Å². The average molecular weight is 286 g/mol. The van der Waals surface area contributed by atoms with Crippen molar-refractivity contribution in [2.75, 3.05) is 19.6 Å². The molecule has 0 saturated carbocycles. The zero-order valence-electron chi connectivity index (χ0n) is 12.6. The standard InChI is InChI=1S/C16H22N4O/c1-3-19(4-2)16(21)13-17-12-14-6-8-15(9-7-14)20-11-5-10-18-20/h5-11,17H,3-4,12-13H2,1-2H3. The van der Waals surface area contributed by atoms with E-state index in [0.29, 0.717) is 13.1 Å². The number of nitrogens with zero attached hydrogens (tertiary/aromatic N) is 3. The van der Waals surface area contributed by atoms with Crippen LogP contribution >= 0.6 is 0 Å². The molecule has 1 aromatic carbocycles. The van der Waals surface area contributed by atoms with E-state index < -0.39 is 0 Å². The van der Waals surface area contributed by atoms with Crippen LogP contribution in [0.4, 0.5) is 0 Å². The zero-order valence-corrected chi connectivity index (χ0v) is 12.6. The number of benzene rings is 1. The van der Waals surface area contributed by atoms with Gasteiger partial charge in [-0.3, -0.25) is 4.79 Å². The van der Waals surface area contributed by atoms with Gasteiger partial charge in [0, 0.05) is 32.0 Å². The largest absolute Gasteiger partial charge is 0.342 e. The highest BCUT2D eigenvalue weighted by molar-refractivity contribution is 5.78. The van der Waals surface area contributed by atoms with Crippen LogP contribution in [0.25, 0.3) is 5.69 Å². The van der Waals surface area contributed by atoms with Crippen molar-refractivity contribution in [1.29, 1.82) is 0 Å². The van der Waals surface area contributed by atoms with Gasteiger partial charge in [-0.15, -0.1) is 0 Å². The fourth-order valence-electron chi connectivity index (χ4n) is 2.19. The molecule has 0 atom stereocenters. The molecule has 2 rings (SSSR count). The van der Waals surface area contributed by atoms with E-state index in [-0.39, 0.29) is 5.91 Å². The number of carbonyl (C=O) groups is 1. The quantitative estimate of drug-likeness (QED) is 0.845. The Labute approximate surface area is 125 Å². The molecule has 5 heteroatoms. The number of aromatic nitrogens is 2. The minimum atomic E-state index is 0.146. The van der Waals surface area contributed by atoms with E-state index in [2.05, 4.69) is 10.4 Å². The minimum Gasteiger partial charge on any atom is -0.342 e. The first-order chi connectivity index (χ1) is 10.2. The van der Waals surface area contributed by atoms with Gasteiger partial charge in [0.25, 0.3) is 0 Å². The maximum absolute atomic E-state index is 11.9. The lowest BCUT2D eigenvalue weighted by Crippen LogP contribution is -2.37. The van der Waals surface area contributed by atoms with Gasteiger partial charge in [-0.1, -0.05) is 12.1 Å². The number of carbonyl (C=O) groups excluding carboxylic acids is 1. The van der Waals surface area contributed by atoms with Crippen LogP contribution < -0.4 is 5.32 Å². The minimum absolute atomic E-state index is 0.146. The van der Waals surface area contributed by atoms with E-state index in [0.717, 1.165) is 24.3 Å². The predicted octanol–water partition coefficient (Wildman–Crippen LogP) is 1.83. The van der Waals surface area contributed by atoms with E-state index in [1.165, 1.54) is 0 Å². The van der Waals surface area contributed by atoms with Gasteiger partial charge >= 0.3 is 0 Å². The van der Waals surface area contributed by atoms with Crippen LogP contribution in [-0.4, -0.2) is 40.2 Å². The van der Waals surface area contributed by atoms with Gasteiger partial charge in [-0.2, -0.15) is 5.10 Å². The summed E-state index contributed by atoms with van der Waals surface area (Å²) >= 11 is 0. The Bertz CT molecular complexity index is 544. The average Bonchev–Trinajstić information content (AvgIpc) is 3.03. The summed E-state index contributed by atoms with van der Waals surface area (Å²) in [5, 5.41) is 7.38. The van der Waals surface area contributed by atoms with Crippen LogP contribution in [0.3, 0.4) is 0 Å². The number of amides is 1. The van der Waals surface area contributed by atoms with Crippen LogP contribution in [0.15, 0.2) is 42.7 Å². The highest BCUT2D eigenvalue weighted by Crippen LogP contribution is 2.08. The van der Waals surface area contributed by atoms with Crippen LogP contribution in [0.5, 0.6) is 0 Å². The predicted molar refractivity (Wildman–Crippen MR) is 83.2 cm³/mol. The molecule has 0 aliphatic heterocycles. The fraction of sp³-hybridized carbons (Fsp3) is 0.375. The lowest BCUT2D eigenvalue weighted by Gasteiger charge is -2.18. The summed E-state index contributed by atoms with van der Waals surface area (Å²) in [7, 11) is 0. The molecule has 0 unspecified atom stereocenters. The molecular formula is C16H22N4O. The van der Waals surface area contributed by atoms with Crippen molar-refractivity contribution in [2.24, 2.45) is 0 Å². The first kappa shape index (κ1) is 15.3. The number of hydrogen-bond donors (Lipinski definition) is 1. The Morgan fingerprint density at radius 3 is 2.52 bits per heavy atom. The van der Waals surface area contributed by atoms with Gasteiger partial charge in [-0.25, -0.2) is 4.68 Å². The molecule has 0 fully saturated rings. The molecule has 2 aromatic rings. The molecule has 1 heterocycles. The lowest BCUT2D eigenvalue weighted by atomic mass is 10.2. The number of rotatable bonds is 7. The van der Waals surface area contributed by atoms with Crippen LogP contribution in [0.1, 0.15) is 19.4 Å². The Balaban J connectivity index is 1.83. The summed E-state index contributed by atoms with van der Waals surface area (Å²) in [6.45, 7) is 6.57. The second-order valence-corrected chi connectivity index (χ2v) is 4.79. The van der Waals surface area contributed by atoms with Gasteiger partial charge in [-0.05, 0) is 37.6 Å². The summed E-state index contributed by atoms with van der Waals surface area (Å²) in [5.41, 5.74) is 2.18. The number of likely N-dealkylation sites (N-methyl/N-ethyl adjacent to an activating group) is 1. The third-order valence-corrected chi connectivity index (χ3v) is 3.43. The molecule has 5 nitrogen and oxygen atoms in total. The summed E-state index contributed by atoms with van der Waals surface area (Å²) < 4.78 is 1.82. The SMILES string of the molecule is CCN(CC)C(=O)CNCc1ccc(-n2cccn2)cc1. The highest BCUT2D eigenvalue weighted by Gasteiger charge is 2.08. The summed E-state index contributed by atoms with van der Waals surface area (Å²) in [4.78, 5) is 13.7. The molecular weight excluding hydrogens is 264 g/mol. The van der Waals surface area contributed by atoms with Crippen LogP contribution in [-0.2, 0) is 11.3 Å². The second kappa shape index (κ2) is 7.59. The molecule has 0 aliphatic rings. The lowest BCUT2D eigenvalue weighted by molar-refractivity contribution is -0.129. The van der Waals surface area contributed by atoms with Crippen molar-refractivity contribution < 1.29 is 4.79 Å². The Morgan fingerprint density at radius 2 is 1.95 bits per heavy atom. The smallest absolute Gasteiger partial charge is 0.236 e. The zero-order chi connectivity index (χ0) is 15.1. The van der Waals surface area contributed by atoms with E-state index in [9.17, 15) is 4.79 Å². The third-order valence-electron chi connectivity index (χ3n) is 3.43. The van der Waals surface area contributed by atoms with Crippen molar-refractivity contribution in [2.45, 2.75) is 20.4 Å². The van der Waals surface area contributed by atoms with Gasteiger partial charge in [0.15, 0.2) is 0 Å². The molecule has 0 saturated heterocycles. The van der Waals surface area contributed by atoms with Gasteiger partial charge < -0.3 is 10.2 Å². The molecule has 112 valence electrons. The van der Waals surface area contributed by atoms with Crippen molar-refractivity contribution in [3.8, 4) is 5.69 Å². The van der Waals surface area contributed by atoms with Gasteiger partial charge in [0.05, 0.1) is 12.2 Å². The first-order valence-electron chi connectivity index (χ1n) is 7.32. The van der Waals surface area contributed by atoms with Gasteiger partial charge in [0.1, 0.15) is 0 Å². The molecule has 1 N–H and O–H groups in total. The van der Waals surface area contributed by atoms with Crippen molar-refractivity contribution in [3.05, 3.63) is 48.3 Å². The Hall–Kier alpha value is -2.14. The van der Waals surface area contributed by atoms with E-state index in [1.54, 1.807) is 6.20 Å². The second-order valence-electron chi connectivity index (χ2n) is 4.79. The molecule has 1 amide bonds. The highest BCUT2D eigenvalue weighted by atomic mass is 16.2. The summed E-state index contributed by atoms with van der Waals surface area (Å²) in [5.74, 6) is 0.146. The maximum atomic E-state index is 11.9. The van der Waals surface area contributed by atoms with Crippen LogP contribution in [0, 0.1) is 0 Å². The molecule has 21 heavy (non-hydrogen) atoms. The first-order valence-corrected chi connectivity index (χ1v) is 7.32. The Kier molecular flexibility index (Phi) is 5.51. The molecule has 0 bridgehead atoms. The fourth-order valence-corrected chi connectivity index (χ4v) is 2.19. The maximum Gasteiger partial charge on any atom is 0.236 e. The topological polar surface area (TPSA) is 50.2 Å². The van der Waals surface area contributed by atoms with Crippen molar-refractivity contribution in [3.63, 3.8) is 0 Å². The van der Waals surface area contributed by atoms with E-state index in [4.69, 9.17) is 0 Å². The summed E-state index contributed by atoms with van der Waals surface area (Å²) in [6.07, 6.45) is 3.67. The number of nitrogens with one attached hydrogen (secondary N) is 1. The molecule has 0 radical (unpaired) electrons. The number of hydrogen-bond acceptors (Lipinski definition) is 3. The Morgan fingerprint density at radius 1 is 1.24 bits per heavy atom. The third kappa shape index (κ3) is 4.16. The normalized spacial score (nSPS) is 10.6. The van der Waals surface area contributed by atoms with Gasteiger partial charge in [0.2, 0.25) is 5.91 Å². The molecule has 1 aromatic heterocycles. The van der Waals surface area contributed by atoms with Crippen LogP contribution in [0.2, 0.25) is 0 Å². The molecule has 0 spiro atoms. The monoisotopic (exact) mass is 286 g/mol. The van der Waals surface area contributed by atoms with E-state index >= 15 is 0 Å². The van der Waals surface area contributed by atoms with Crippen molar-refractivity contribution in [1.82, 2.24) is 20.0 Å². The van der Waals surface area contributed by atoms with Crippen molar-refractivity contribution >= 4 is 5.91 Å². The molecule has 0 aliphatic carbocycles.